The number of hydrogen-bond donors (Lipinski definition) is 1. The molecule has 0 atom stereocenters. The number of aromatic nitrogens is 2. The van der Waals surface area contributed by atoms with Crippen LogP contribution in [0.25, 0.3) is 0 Å². The Balaban J connectivity index is 1.94. The summed E-state index contributed by atoms with van der Waals surface area (Å²) in [6, 6.07) is 9.52. The number of carbonyl (C=O) groups is 1. The van der Waals surface area contributed by atoms with Crippen LogP contribution in [0.2, 0.25) is 0 Å². The van der Waals surface area contributed by atoms with E-state index in [-0.39, 0.29) is 29.5 Å². The van der Waals surface area contributed by atoms with Gasteiger partial charge in [0, 0.05) is 17.4 Å². The normalized spacial score (nSPS) is 13.8. The largest absolute Gasteiger partial charge is 0.324 e. The van der Waals surface area contributed by atoms with E-state index in [9.17, 15) is 22.8 Å². The number of carbonyl (C=O) groups excluding carboxylic acids is 1. The molecule has 1 N–H and O–H groups in total. The number of halogens is 3. The number of H-pyrrole nitrogens is 1. The summed E-state index contributed by atoms with van der Waals surface area (Å²) in [5, 5.41) is 0. The molecule has 0 aliphatic carbocycles. The molecule has 1 aliphatic rings. The summed E-state index contributed by atoms with van der Waals surface area (Å²) in [4.78, 5) is 34.8. The topological polar surface area (TPSA) is 69.3 Å². The molecule has 1 aliphatic heterocycles. The van der Waals surface area contributed by atoms with Crippen molar-refractivity contribution >= 4 is 23.1 Å². The SMILES string of the molecule is Cc1[nH]c(=O)ccc1N1CN(c2ccc(F)cc2C(C)C)c2nc(C(F)F)ccc2C1=O. The van der Waals surface area contributed by atoms with Gasteiger partial charge in [0.15, 0.2) is 0 Å². The summed E-state index contributed by atoms with van der Waals surface area (Å²) in [5.74, 6) is -0.857. The number of benzene rings is 1. The maximum absolute atomic E-state index is 14.0. The number of anilines is 3. The molecule has 32 heavy (non-hydrogen) atoms. The molecule has 0 bridgehead atoms. The van der Waals surface area contributed by atoms with Gasteiger partial charge in [-0.25, -0.2) is 18.2 Å². The van der Waals surface area contributed by atoms with Gasteiger partial charge >= 0.3 is 0 Å². The van der Waals surface area contributed by atoms with E-state index < -0.39 is 23.8 Å². The van der Waals surface area contributed by atoms with E-state index in [1.807, 2.05) is 13.8 Å². The van der Waals surface area contributed by atoms with Crippen molar-refractivity contribution < 1.29 is 18.0 Å². The van der Waals surface area contributed by atoms with Crippen molar-refractivity contribution in [2.45, 2.75) is 33.1 Å². The summed E-state index contributed by atoms with van der Waals surface area (Å²) in [6.45, 7) is 5.39. The van der Waals surface area contributed by atoms with Crippen LogP contribution in [0.15, 0.2) is 47.3 Å². The van der Waals surface area contributed by atoms with Crippen LogP contribution in [0, 0.1) is 12.7 Å². The lowest BCUT2D eigenvalue weighted by molar-refractivity contribution is 0.0981. The van der Waals surface area contributed by atoms with Crippen molar-refractivity contribution in [1.29, 1.82) is 0 Å². The molecular formula is C23H21F3N4O2. The first-order valence-corrected chi connectivity index (χ1v) is 10.0. The highest BCUT2D eigenvalue weighted by atomic mass is 19.3. The first-order valence-electron chi connectivity index (χ1n) is 10.0. The second-order valence-corrected chi connectivity index (χ2v) is 7.90. The molecule has 1 aromatic carbocycles. The van der Waals surface area contributed by atoms with Gasteiger partial charge in [-0.3, -0.25) is 14.5 Å². The predicted molar refractivity (Wildman–Crippen MR) is 115 cm³/mol. The number of aromatic amines is 1. The molecule has 3 heterocycles. The van der Waals surface area contributed by atoms with Crippen LogP contribution >= 0.6 is 0 Å². The second kappa shape index (κ2) is 8.14. The van der Waals surface area contributed by atoms with Gasteiger partial charge in [0.2, 0.25) is 5.56 Å². The van der Waals surface area contributed by atoms with Crippen molar-refractivity contribution in [3.8, 4) is 0 Å². The first-order chi connectivity index (χ1) is 15.2. The van der Waals surface area contributed by atoms with E-state index >= 15 is 0 Å². The number of hydrogen-bond acceptors (Lipinski definition) is 4. The molecule has 166 valence electrons. The number of pyridine rings is 2. The van der Waals surface area contributed by atoms with Gasteiger partial charge < -0.3 is 9.88 Å². The van der Waals surface area contributed by atoms with Crippen molar-refractivity contribution in [1.82, 2.24) is 9.97 Å². The molecule has 0 saturated carbocycles. The highest BCUT2D eigenvalue weighted by Gasteiger charge is 2.35. The van der Waals surface area contributed by atoms with Crippen LogP contribution in [0.5, 0.6) is 0 Å². The summed E-state index contributed by atoms with van der Waals surface area (Å²) < 4.78 is 40.8. The van der Waals surface area contributed by atoms with Gasteiger partial charge in [0.25, 0.3) is 12.3 Å². The third-order valence-corrected chi connectivity index (χ3v) is 5.41. The van der Waals surface area contributed by atoms with E-state index in [1.165, 1.54) is 35.2 Å². The van der Waals surface area contributed by atoms with Gasteiger partial charge in [-0.2, -0.15) is 0 Å². The molecule has 4 rings (SSSR count). The Kier molecular flexibility index (Phi) is 5.50. The van der Waals surface area contributed by atoms with Crippen LogP contribution < -0.4 is 15.4 Å². The third-order valence-electron chi connectivity index (χ3n) is 5.41. The smallest absolute Gasteiger partial charge is 0.280 e. The van der Waals surface area contributed by atoms with E-state index in [1.54, 1.807) is 17.9 Å². The predicted octanol–water partition coefficient (Wildman–Crippen LogP) is 5.03. The average molecular weight is 442 g/mol. The van der Waals surface area contributed by atoms with Crippen LogP contribution in [0.4, 0.5) is 30.4 Å². The quantitative estimate of drug-likeness (QED) is 0.615. The molecule has 3 aromatic rings. The Labute approximate surface area is 182 Å². The minimum absolute atomic E-state index is 0.0518. The van der Waals surface area contributed by atoms with Crippen LogP contribution in [-0.2, 0) is 0 Å². The molecule has 0 saturated heterocycles. The van der Waals surface area contributed by atoms with E-state index in [4.69, 9.17) is 0 Å². The lowest BCUT2D eigenvalue weighted by atomic mass is 9.99. The van der Waals surface area contributed by atoms with E-state index in [0.717, 1.165) is 6.07 Å². The van der Waals surface area contributed by atoms with Gasteiger partial charge in [-0.05, 0) is 54.8 Å². The molecule has 0 fully saturated rings. The lowest BCUT2D eigenvalue weighted by Crippen LogP contribution is -2.46. The number of nitrogens with one attached hydrogen (secondary N) is 1. The Morgan fingerprint density at radius 1 is 1.00 bits per heavy atom. The molecular weight excluding hydrogens is 421 g/mol. The lowest BCUT2D eigenvalue weighted by Gasteiger charge is -2.38. The van der Waals surface area contributed by atoms with Crippen LogP contribution in [-0.4, -0.2) is 22.5 Å². The molecule has 0 unspecified atom stereocenters. The van der Waals surface area contributed by atoms with Gasteiger partial charge in [-0.15, -0.1) is 0 Å². The van der Waals surface area contributed by atoms with Gasteiger partial charge in [0.05, 0.1) is 11.3 Å². The zero-order chi connectivity index (χ0) is 23.2. The minimum Gasteiger partial charge on any atom is -0.324 e. The standard InChI is InChI=1S/C23H21F3N4O2/c1-12(2)16-10-14(24)4-7-19(16)29-11-30(18-8-9-20(31)27-13(18)3)23(32)15-5-6-17(21(25)26)28-22(15)29/h4-10,12,21H,11H2,1-3H3,(H,27,31). The molecule has 0 spiro atoms. The summed E-state index contributed by atoms with van der Waals surface area (Å²) >= 11 is 0. The Bertz CT molecular complexity index is 1260. The van der Waals surface area contributed by atoms with Crippen molar-refractivity contribution in [2.75, 3.05) is 16.5 Å². The molecule has 0 radical (unpaired) electrons. The fourth-order valence-corrected chi connectivity index (χ4v) is 3.85. The molecule has 2 aromatic heterocycles. The van der Waals surface area contributed by atoms with Crippen LogP contribution in [0.1, 0.15) is 53.5 Å². The van der Waals surface area contributed by atoms with Crippen molar-refractivity contribution in [3.63, 3.8) is 0 Å². The van der Waals surface area contributed by atoms with Gasteiger partial charge in [-0.1, -0.05) is 13.8 Å². The maximum Gasteiger partial charge on any atom is 0.280 e. The first kappa shape index (κ1) is 21.6. The summed E-state index contributed by atoms with van der Waals surface area (Å²) in [7, 11) is 0. The highest BCUT2D eigenvalue weighted by molar-refractivity contribution is 6.12. The van der Waals surface area contributed by atoms with Gasteiger partial charge in [0.1, 0.15) is 24.0 Å². The Morgan fingerprint density at radius 3 is 2.38 bits per heavy atom. The molecule has 6 nitrogen and oxygen atoms in total. The minimum atomic E-state index is -2.81. The molecule has 1 amide bonds. The Hall–Kier alpha value is -3.62. The second-order valence-electron chi connectivity index (χ2n) is 7.90. The number of aryl methyl sites for hydroxylation is 1. The third kappa shape index (κ3) is 3.74. The number of amides is 1. The zero-order valence-corrected chi connectivity index (χ0v) is 17.7. The maximum atomic E-state index is 14.0. The molecule has 9 heteroatoms. The van der Waals surface area contributed by atoms with Crippen molar-refractivity contribution in [3.05, 3.63) is 81.2 Å². The summed E-state index contributed by atoms with van der Waals surface area (Å²) in [5.41, 5.74) is 1.52. The summed E-state index contributed by atoms with van der Waals surface area (Å²) in [6.07, 6.45) is -2.81. The number of nitrogens with zero attached hydrogens (tertiary/aromatic N) is 3. The zero-order valence-electron chi connectivity index (χ0n) is 17.7. The fraction of sp³-hybridized carbons (Fsp3) is 0.261. The number of alkyl halides is 2. The monoisotopic (exact) mass is 442 g/mol. The van der Waals surface area contributed by atoms with E-state index in [2.05, 4.69) is 9.97 Å². The number of fused-ring (bicyclic) bond motifs is 1. The van der Waals surface area contributed by atoms with Crippen molar-refractivity contribution in [2.24, 2.45) is 0 Å². The fourth-order valence-electron chi connectivity index (χ4n) is 3.85. The highest BCUT2D eigenvalue weighted by Crippen LogP contribution is 2.39. The van der Waals surface area contributed by atoms with E-state index in [0.29, 0.717) is 22.6 Å². The number of rotatable bonds is 4. The Morgan fingerprint density at radius 2 is 1.72 bits per heavy atom. The van der Waals surface area contributed by atoms with Crippen LogP contribution in [0.3, 0.4) is 0 Å². The average Bonchev–Trinajstić information content (AvgIpc) is 2.74.